The van der Waals surface area contributed by atoms with E-state index in [2.05, 4.69) is 0 Å². The van der Waals surface area contributed by atoms with Crippen LogP contribution in [-0.2, 0) is 9.47 Å². The van der Waals surface area contributed by atoms with Gasteiger partial charge >= 0.3 is 0 Å². The number of rotatable bonds is 1. The van der Waals surface area contributed by atoms with Gasteiger partial charge in [-0.3, -0.25) is 0 Å². The summed E-state index contributed by atoms with van der Waals surface area (Å²) in [5.74, 6) is 1.68. The predicted octanol–water partition coefficient (Wildman–Crippen LogP) is 4.15. The van der Waals surface area contributed by atoms with E-state index in [-0.39, 0.29) is 5.60 Å². The third-order valence-corrected chi connectivity index (χ3v) is 5.90. The summed E-state index contributed by atoms with van der Waals surface area (Å²) in [5, 5.41) is 0.418. The van der Waals surface area contributed by atoms with Crippen molar-refractivity contribution < 1.29 is 9.47 Å². The van der Waals surface area contributed by atoms with Crippen molar-refractivity contribution in [1.82, 2.24) is 0 Å². The molecule has 110 valence electrons. The smallest absolute Gasteiger partial charge is 0.0729 e. The van der Waals surface area contributed by atoms with E-state index < -0.39 is 0 Å². The molecular weight excluding hydrogens is 260 g/mol. The summed E-state index contributed by atoms with van der Waals surface area (Å²) in [7, 11) is 0. The normalized spacial score (nSPS) is 39.9. The lowest BCUT2D eigenvalue weighted by molar-refractivity contribution is -0.153. The maximum Gasteiger partial charge on any atom is 0.0729 e. The first-order chi connectivity index (χ1) is 9.27. The molecule has 1 aliphatic carbocycles. The Labute approximate surface area is 122 Å². The van der Waals surface area contributed by atoms with E-state index in [9.17, 15) is 0 Å². The zero-order chi connectivity index (χ0) is 13.1. The van der Waals surface area contributed by atoms with Crippen molar-refractivity contribution in [1.29, 1.82) is 0 Å². The second-order valence-corrected chi connectivity index (χ2v) is 7.39. The van der Waals surface area contributed by atoms with E-state index in [0.717, 1.165) is 44.5 Å². The second-order valence-electron chi connectivity index (χ2n) is 6.77. The molecule has 0 aromatic rings. The summed E-state index contributed by atoms with van der Waals surface area (Å²) in [4.78, 5) is 0. The second kappa shape index (κ2) is 6.32. The zero-order valence-electron chi connectivity index (χ0n) is 11.9. The van der Waals surface area contributed by atoms with E-state index in [1.54, 1.807) is 0 Å². The SMILES string of the molecule is ClC1CCCCC(C2CCOC3(CCOCC3)C2)C1. The fraction of sp³-hybridized carbons (Fsp3) is 1.00. The van der Waals surface area contributed by atoms with Gasteiger partial charge < -0.3 is 9.47 Å². The standard InChI is InChI=1S/C16H27ClO2/c17-15-4-2-1-3-13(11-15)14-5-8-19-16(12-14)6-9-18-10-7-16/h13-15H,1-12H2. The lowest BCUT2D eigenvalue weighted by atomic mass is 9.73. The maximum atomic E-state index is 6.46. The van der Waals surface area contributed by atoms with E-state index in [4.69, 9.17) is 21.1 Å². The van der Waals surface area contributed by atoms with Crippen molar-refractivity contribution in [2.75, 3.05) is 19.8 Å². The Hall–Kier alpha value is 0.210. The van der Waals surface area contributed by atoms with Gasteiger partial charge in [0.25, 0.3) is 0 Å². The van der Waals surface area contributed by atoms with Crippen LogP contribution in [-0.4, -0.2) is 30.8 Å². The fourth-order valence-electron chi connectivity index (χ4n) is 4.32. The van der Waals surface area contributed by atoms with Gasteiger partial charge in [-0.25, -0.2) is 0 Å². The molecule has 2 heterocycles. The first kappa shape index (κ1) is 14.2. The molecule has 3 heteroatoms. The Bertz CT molecular complexity index is 283. The minimum absolute atomic E-state index is 0.148. The maximum absolute atomic E-state index is 6.46. The van der Waals surface area contributed by atoms with Gasteiger partial charge in [-0.05, 0) is 50.4 Å². The molecule has 19 heavy (non-hydrogen) atoms. The largest absolute Gasteiger partial charge is 0.381 e. The van der Waals surface area contributed by atoms with Gasteiger partial charge in [-0.2, -0.15) is 0 Å². The first-order valence-electron chi connectivity index (χ1n) is 8.13. The summed E-state index contributed by atoms with van der Waals surface area (Å²) in [6.45, 7) is 2.72. The molecule has 0 amide bonds. The Morgan fingerprint density at radius 3 is 2.53 bits per heavy atom. The summed E-state index contributed by atoms with van der Waals surface area (Å²) in [5.41, 5.74) is 0.148. The van der Waals surface area contributed by atoms with Crippen LogP contribution in [0.1, 0.15) is 57.8 Å². The van der Waals surface area contributed by atoms with E-state index >= 15 is 0 Å². The van der Waals surface area contributed by atoms with E-state index in [1.165, 1.54) is 44.9 Å². The minimum Gasteiger partial charge on any atom is -0.381 e. The molecule has 3 fully saturated rings. The molecule has 2 nitrogen and oxygen atoms in total. The lowest BCUT2D eigenvalue weighted by Gasteiger charge is -2.45. The van der Waals surface area contributed by atoms with Crippen molar-refractivity contribution in [2.45, 2.75) is 68.8 Å². The molecule has 2 saturated heterocycles. The first-order valence-corrected chi connectivity index (χ1v) is 8.57. The molecule has 3 aliphatic rings. The van der Waals surface area contributed by atoms with Crippen LogP contribution >= 0.6 is 11.6 Å². The molecule has 3 unspecified atom stereocenters. The third kappa shape index (κ3) is 3.46. The number of hydrogen-bond donors (Lipinski definition) is 0. The number of halogens is 1. The van der Waals surface area contributed by atoms with Gasteiger partial charge in [0.2, 0.25) is 0 Å². The quantitative estimate of drug-likeness (QED) is 0.532. The number of alkyl halides is 1. The van der Waals surface area contributed by atoms with Gasteiger partial charge in [-0.15, -0.1) is 11.6 Å². The topological polar surface area (TPSA) is 18.5 Å². The van der Waals surface area contributed by atoms with Crippen molar-refractivity contribution in [2.24, 2.45) is 11.8 Å². The molecule has 3 rings (SSSR count). The van der Waals surface area contributed by atoms with Crippen molar-refractivity contribution in [3.05, 3.63) is 0 Å². The van der Waals surface area contributed by atoms with Crippen LogP contribution in [0.5, 0.6) is 0 Å². The van der Waals surface area contributed by atoms with Crippen LogP contribution < -0.4 is 0 Å². The van der Waals surface area contributed by atoms with Crippen LogP contribution in [0.15, 0.2) is 0 Å². The van der Waals surface area contributed by atoms with Crippen LogP contribution in [0.2, 0.25) is 0 Å². The van der Waals surface area contributed by atoms with Crippen molar-refractivity contribution in [3.8, 4) is 0 Å². The zero-order valence-corrected chi connectivity index (χ0v) is 12.7. The molecule has 1 spiro atoms. The van der Waals surface area contributed by atoms with E-state index in [0.29, 0.717) is 5.38 Å². The third-order valence-electron chi connectivity index (χ3n) is 5.50. The van der Waals surface area contributed by atoms with Gasteiger partial charge in [0, 0.05) is 25.2 Å². The molecule has 0 N–H and O–H groups in total. The van der Waals surface area contributed by atoms with Crippen LogP contribution in [0.25, 0.3) is 0 Å². The highest BCUT2D eigenvalue weighted by Crippen LogP contribution is 2.43. The lowest BCUT2D eigenvalue weighted by Crippen LogP contribution is -2.45. The Morgan fingerprint density at radius 1 is 0.895 bits per heavy atom. The molecule has 0 aromatic heterocycles. The van der Waals surface area contributed by atoms with Crippen LogP contribution in [0.3, 0.4) is 0 Å². The number of hydrogen-bond acceptors (Lipinski definition) is 2. The minimum atomic E-state index is 0.148. The van der Waals surface area contributed by atoms with Gasteiger partial charge in [-0.1, -0.05) is 19.3 Å². The van der Waals surface area contributed by atoms with Gasteiger partial charge in [0.1, 0.15) is 0 Å². The molecule has 0 radical (unpaired) electrons. The molecule has 2 aliphatic heterocycles. The highest BCUT2D eigenvalue weighted by atomic mass is 35.5. The van der Waals surface area contributed by atoms with Crippen molar-refractivity contribution in [3.63, 3.8) is 0 Å². The van der Waals surface area contributed by atoms with Gasteiger partial charge in [0.05, 0.1) is 5.60 Å². The average molecular weight is 287 g/mol. The molecule has 1 saturated carbocycles. The highest BCUT2D eigenvalue weighted by Gasteiger charge is 2.41. The highest BCUT2D eigenvalue weighted by molar-refractivity contribution is 6.20. The summed E-state index contributed by atoms with van der Waals surface area (Å²) >= 11 is 6.46. The summed E-state index contributed by atoms with van der Waals surface area (Å²) < 4.78 is 11.7. The van der Waals surface area contributed by atoms with Crippen LogP contribution in [0.4, 0.5) is 0 Å². The van der Waals surface area contributed by atoms with E-state index in [1.807, 2.05) is 0 Å². The molecule has 3 atom stereocenters. The van der Waals surface area contributed by atoms with Crippen LogP contribution in [0, 0.1) is 11.8 Å². The number of ether oxygens (including phenoxy) is 2. The van der Waals surface area contributed by atoms with Gasteiger partial charge in [0.15, 0.2) is 0 Å². The fourth-order valence-corrected chi connectivity index (χ4v) is 4.71. The average Bonchev–Trinajstić information content (AvgIpc) is 2.64. The van der Waals surface area contributed by atoms with Crippen molar-refractivity contribution >= 4 is 11.6 Å². The Kier molecular flexibility index (Phi) is 4.71. The Morgan fingerprint density at radius 2 is 1.68 bits per heavy atom. The Balaban J connectivity index is 1.63. The predicted molar refractivity (Wildman–Crippen MR) is 77.7 cm³/mol. The molecule has 0 aromatic carbocycles. The molecular formula is C16H27ClO2. The molecule has 0 bridgehead atoms. The summed E-state index contributed by atoms with van der Waals surface area (Å²) in [6.07, 6.45) is 11.2. The monoisotopic (exact) mass is 286 g/mol. The summed E-state index contributed by atoms with van der Waals surface area (Å²) in [6, 6.07) is 0.